The molecule has 3 aliphatic carbocycles. The summed E-state index contributed by atoms with van der Waals surface area (Å²) in [5, 5.41) is 21.6. The van der Waals surface area contributed by atoms with E-state index < -0.39 is 81.3 Å². The Kier molecular flexibility index (Phi) is 9.36. The summed E-state index contributed by atoms with van der Waals surface area (Å²) in [6, 6.07) is 7.60. The van der Waals surface area contributed by atoms with E-state index in [4.69, 9.17) is 16.6 Å². The Balaban J connectivity index is 1.27. The van der Waals surface area contributed by atoms with Gasteiger partial charge >= 0.3 is 0 Å². The largest absolute Gasteiger partial charge is 0.378 e. The van der Waals surface area contributed by atoms with Crippen molar-refractivity contribution in [3.8, 4) is 23.0 Å². The van der Waals surface area contributed by atoms with Gasteiger partial charge in [-0.3, -0.25) is 18.9 Å². The Morgan fingerprint density at radius 1 is 1.05 bits per heavy atom. The zero-order valence-corrected chi connectivity index (χ0v) is 31.6. The minimum Gasteiger partial charge on any atom is -0.378 e. The maximum absolute atomic E-state index is 15.6. The van der Waals surface area contributed by atoms with E-state index in [-0.39, 0.29) is 63.6 Å². The van der Waals surface area contributed by atoms with Crippen molar-refractivity contribution in [2.75, 3.05) is 11.0 Å². The van der Waals surface area contributed by atoms with E-state index in [0.29, 0.717) is 34.7 Å². The van der Waals surface area contributed by atoms with E-state index >= 15 is 8.78 Å². The maximum atomic E-state index is 15.6. The first kappa shape index (κ1) is 38.7. The Labute approximate surface area is 326 Å². The lowest BCUT2D eigenvalue weighted by atomic mass is 9.73. The number of nitrogens with zero attached hydrogens (tertiary/aromatic N) is 5. The van der Waals surface area contributed by atoms with Crippen molar-refractivity contribution in [2.45, 2.75) is 68.6 Å². The SMILES string of the molecule is Cn1nc(NS(C)(=O)=O)c2c(Cl)ccc(-c3ccc(C#CC4(O)CC4)nc3[C@H](Cc3cc(F)cc(F)c3)NC(=O)Cn3nc(C(F)F)c4c3C(F)(F)[C@@H]3CC[C@H]43)c21. The molecule has 57 heavy (non-hydrogen) atoms. The van der Waals surface area contributed by atoms with Crippen molar-refractivity contribution < 1.29 is 44.7 Å². The number of alkyl halides is 4. The summed E-state index contributed by atoms with van der Waals surface area (Å²) < 4.78 is 118. The summed E-state index contributed by atoms with van der Waals surface area (Å²) in [7, 11) is -2.29. The van der Waals surface area contributed by atoms with Crippen molar-refractivity contribution in [2.24, 2.45) is 13.0 Å². The van der Waals surface area contributed by atoms with Gasteiger partial charge in [-0.25, -0.2) is 31.0 Å². The van der Waals surface area contributed by atoms with Crippen LogP contribution in [0.4, 0.5) is 32.2 Å². The Morgan fingerprint density at radius 2 is 1.75 bits per heavy atom. The first-order valence-electron chi connectivity index (χ1n) is 17.7. The number of halogens is 7. The summed E-state index contributed by atoms with van der Waals surface area (Å²) in [6.07, 6.45) is -1.29. The second kappa shape index (κ2) is 13.8. The van der Waals surface area contributed by atoms with Crippen LogP contribution in [-0.4, -0.2) is 55.8 Å². The summed E-state index contributed by atoms with van der Waals surface area (Å²) in [6.45, 7) is -0.909. The second-order valence-corrected chi connectivity index (χ2v) is 16.9. The number of amides is 1. The zero-order valence-electron chi connectivity index (χ0n) is 30.1. The highest BCUT2D eigenvalue weighted by atomic mass is 35.5. The molecule has 298 valence electrons. The number of rotatable bonds is 10. The third-order valence-electron chi connectivity index (χ3n) is 10.6. The summed E-state index contributed by atoms with van der Waals surface area (Å²) in [4.78, 5) is 18.7. The molecular formula is C38H32ClF6N7O4S. The fourth-order valence-corrected chi connectivity index (χ4v) is 8.54. The Morgan fingerprint density at radius 3 is 2.39 bits per heavy atom. The van der Waals surface area contributed by atoms with Gasteiger partial charge in [0.15, 0.2) is 5.82 Å². The van der Waals surface area contributed by atoms with Crippen LogP contribution in [0.1, 0.15) is 78.0 Å². The molecule has 0 saturated heterocycles. The molecular weight excluding hydrogens is 800 g/mol. The van der Waals surface area contributed by atoms with Crippen LogP contribution in [0.25, 0.3) is 22.0 Å². The molecule has 0 bridgehead atoms. The third-order valence-corrected chi connectivity index (χ3v) is 11.4. The number of hydrogen-bond acceptors (Lipinski definition) is 7. The van der Waals surface area contributed by atoms with Crippen LogP contribution in [0.3, 0.4) is 0 Å². The molecule has 3 aliphatic rings. The lowest BCUT2D eigenvalue weighted by molar-refractivity contribution is -0.123. The topological polar surface area (TPSA) is 144 Å². The van der Waals surface area contributed by atoms with Crippen LogP contribution in [0.5, 0.6) is 0 Å². The first-order valence-corrected chi connectivity index (χ1v) is 20.0. The molecule has 0 unspecified atom stereocenters. The molecule has 2 saturated carbocycles. The normalized spacial score (nSPS) is 19.4. The van der Waals surface area contributed by atoms with Gasteiger partial charge in [0.2, 0.25) is 15.9 Å². The number of aliphatic hydroxyl groups is 1. The number of hydrogen-bond donors (Lipinski definition) is 3. The van der Waals surface area contributed by atoms with Gasteiger partial charge in [-0.1, -0.05) is 23.6 Å². The van der Waals surface area contributed by atoms with Crippen LogP contribution in [-0.2, 0) is 40.8 Å². The van der Waals surface area contributed by atoms with Gasteiger partial charge in [-0.2, -0.15) is 19.0 Å². The smallest absolute Gasteiger partial charge is 0.293 e. The lowest BCUT2D eigenvalue weighted by Crippen LogP contribution is -2.36. The van der Waals surface area contributed by atoms with E-state index in [1.54, 1.807) is 12.1 Å². The average Bonchev–Trinajstić information content (AvgIpc) is 3.51. The van der Waals surface area contributed by atoms with E-state index in [2.05, 4.69) is 32.1 Å². The highest BCUT2D eigenvalue weighted by Crippen LogP contribution is 2.63. The molecule has 3 heterocycles. The summed E-state index contributed by atoms with van der Waals surface area (Å²) in [5.74, 6) is -2.84. The van der Waals surface area contributed by atoms with Crippen molar-refractivity contribution in [3.63, 3.8) is 0 Å². The van der Waals surface area contributed by atoms with Gasteiger partial charge in [0.05, 0.1) is 33.9 Å². The number of benzene rings is 2. The Hall–Kier alpha value is -5.12. The summed E-state index contributed by atoms with van der Waals surface area (Å²) in [5.41, 5.74) is -1.82. The van der Waals surface area contributed by atoms with Gasteiger partial charge < -0.3 is 10.4 Å². The second-order valence-electron chi connectivity index (χ2n) is 14.7. The first-order chi connectivity index (χ1) is 26.8. The fraction of sp³-hybridized carbons (Fsp3) is 0.368. The highest BCUT2D eigenvalue weighted by Gasteiger charge is 2.62. The minimum absolute atomic E-state index is 0.0485. The van der Waals surface area contributed by atoms with Crippen LogP contribution >= 0.6 is 11.6 Å². The van der Waals surface area contributed by atoms with E-state index in [1.807, 2.05) is 0 Å². The van der Waals surface area contributed by atoms with Crippen molar-refractivity contribution in [1.82, 2.24) is 29.9 Å². The van der Waals surface area contributed by atoms with E-state index in [0.717, 1.165) is 18.4 Å². The molecule has 0 radical (unpaired) electrons. The van der Waals surface area contributed by atoms with Crippen LogP contribution in [0.2, 0.25) is 5.02 Å². The Bertz CT molecular complexity index is 2650. The van der Waals surface area contributed by atoms with E-state index in [1.165, 1.54) is 23.9 Å². The van der Waals surface area contributed by atoms with Gasteiger partial charge in [0.1, 0.15) is 40.9 Å². The molecule has 2 fully saturated rings. The monoisotopic (exact) mass is 831 g/mol. The number of pyridine rings is 1. The van der Waals surface area contributed by atoms with Crippen molar-refractivity contribution in [3.05, 3.63) is 93.0 Å². The molecule has 3 N–H and O–H groups in total. The molecule has 11 nitrogen and oxygen atoms in total. The standard InChI is InChI=1S/C38H32ClF6N7O4S/c1-51-33-23(6-8-26(39)30(33)36(49-51)50-57(2,55)56)22-4-3-21(9-10-37(54)11-12-37)46-31(22)27(15-18-13-19(40)16-20(41)14-18)47-28(53)17-52-34-29(32(48-52)35(42)43)24-5-7-25(24)38(34,44)45/h3-4,6,8,13-14,16,24-25,27,35,54H,5,7,11-12,15,17H2,1-2H3,(H,47,53)(H,49,50)/t24-,25+,27-/m0/s1. The van der Waals surface area contributed by atoms with Gasteiger partial charge in [0.25, 0.3) is 12.3 Å². The van der Waals surface area contributed by atoms with Crippen LogP contribution in [0.15, 0.2) is 42.5 Å². The molecule has 3 aromatic heterocycles. The molecule has 3 atom stereocenters. The molecule has 5 aromatic rings. The number of nitrogens with one attached hydrogen (secondary N) is 2. The predicted molar refractivity (Wildman–Crippen MR) is 196 cm³/mol. The van der Waals surface area contributed by atoms with Gasteiger partial charge in [0, 0.05) is 35.7 Å². The number of carbonyl (C=O) groups excluding carboxylic acids is 1. The molecule has 1 amide bonds. The molecule has 8 rings (SSSR count). The van der Waals surface area contributed by atoms with E-state index in [9.17, 15) is 35.9 Å². The number of carbonyl (C=O) groups is 1. The van der Waals surface area contributed by atoms with Gasteiger partial charge in [-0.05, 0) is 79.8 Å². The number of fused-ring (bicyclic) bond motifs is 4. The number of aromatic nitrogens is 5. The number of sulfonamides is 1. The average molecular weight is 832 g/mol. The summed E-state index contributed by atoms with van der Waals surface area (Å²) >= 11 is 6.59. The molecule has 0 aliphatic heterocycles. The third kappa shape index (κ3) is 7.21. The number of anilines is 1. The molecule has 0 spiro atoms. The maximum Gasteiger partial charge on any atom is 0.293 e. The lowest BCUT2D eigenvalue weighted by Gasteiger charge is -2.34. The molecule has 19 heteroatoms. The van der Waals surface area contributed by atoms with Crippen LogP contribution < -0.4 is 10.0 Å². The van der Waals surface area contributed by atoms with Crippen LogP contribution in [0, 0.1) is 29.4 Å². The minimum atomic E-state index is -3.83. The fourth-order valence-electron chi connectivity index (χ4n) is 7.80. The number of aryl methyl sites for hydroxylation is 1. The molecule has 2 aromatic carbocycles. The predicted octanol–water partition coefficient (Wildman–Crippen LogP) is 6.65. The van der Waals surface area contributed by atoms with Gasteiger partial charge in [-0.15, -0.1) is 0 Å². The van der Waals surface area contributed by atoms with Crippen molar-refractivity contribution >= 4 is 44.3 Å². The van der Waals surface area contributed by atoms with Crippen molar-refractivity contribution in [1.29, 1.82) is 0 Å². The highest BCUT2D eigenvalue weighted by molar-refractivity contribution is 7.92. The quantitative estimate of drug-likeness (QED) is 0.106. The zero-order chi connectivity index (χ0) is 40.8.